The minimum Gasteiger partial charge on any atom is -0.322 e. The van der Waals surface area contributed by atoms with E-state index in [2.05, 4.69) is 21.3 Å². The van der Waals surface area contributed by atoms with Gasteiger partial charge in [-0.25, -0.2) is 9.37 Å². The van der Waals surface area contributed by atoms with Crippen LogP contribution in [0.2, 0.25) is 0 Å². The third-order valence-electron chi connectivity index (χ3n) is 3.82. The average Bonchev–Trinajstić information content (AvgIpc) is 3.24. The van der Waals surface area contributed by atoms with Crippen LogP contribution in [0.15, 0.2) is 60.0 Å². The smallest absolute Gasteiger partial charge is 0.209 e. The van der Waals surface area contributed by atoms with Crippen LogP contribution >= 0.6 is 11.8 Å². The van der Waals surface area contributed by atoms with Gasteiger partial charge in [-0.05, 0) is 29.8 Å². The SMILES string of the molecule is N#Cc1c(CSc2n[nH]c(-c3ccccc3F)n2)cn2ccccc12. The van der Waals surface area contributed by atoms with E-state index in [1.807, 2.05) is 35.0 Å². The van der Waals surface area contributed by atoms with Crippen molar-refractivity contribution >= 4 is 17.3 Å². The van der Waals surface area contributed by atoms with E-state index >= 15 is 0 Å². The molecule has 0 amide bonds. The lowest BCUT2D eigenvalue weighted by Gasteiger charge is -1.97. The minimum atomic E-state index is -0.347. The van der Waals surface area contributed by atoms with Crippen LogP contribution in [-0.4, -0.2) is 19.6 Å². The zero-order chi connectivity index (χ0) is 17.2. The van der Waals surface area contributed by atoms with Crippen LogP contribution in [0.3, 0.4) is 0 Å². The van der Waals surface area contributed by atoms with Crippen molar-refractivity contribution in [1.82, 2.24) is 19.6 Å². The molecule has 0 saturated heterocycles. The molecule has 5 nitrogen and oxygen atoms in total. The van der Waals surface area contributed by atoms with E-state index in [9.17, 15) is 9.65 Å². The predicted molar refractivity (Wildman–Crippen MR) is 93.4 cm³/mol. The molecule has 0 aliphatic heterocycles. The summed E-state index contributed by atoms with van der Waals surface area (Å²) in [5.74, 6) is 0.600. The zero-order valence-electron chi connectivity index (χ0n) is 13.0. The van der Waals surface area contributed by atoms with Gasteiger partial charge in [0.15, 0.2) is 5.82 Å². The van der Waals surface area contributed by atoms with Crippen LogP contribution in [0.5, 0.6) is 0 Å². The van der Waals surface area contributed by atoms with Crippen molar-refractivity contribution in [3.05, 3.63) is 71.8 Å². The molecule has 7 heteroatoms. The second kappa shape index (κ2) is 6.42. The Morgan fingerprint density at radius 1 is 1.20 bits per heavy atom. The number of aromatic amines is 1. The summed E-state index contributed by atoms with van der Waals surface area (Å²) in [6.07, 6.45) is 3.85. The van der Waals surface area contributed by atoms with Crippen molar-refractivity contribution < 1.29 is 4.39 Å². The number of thioether (sulfide) groups is 1. The largest absolute Gasteiger partial charge is 0.322 e. The highest BCUT2D eigenvalue weighted by molar-refractivity contribution is 7.98. The zero-order valence-corrected chi connectivity index (χ0v) is 13.8. The van der Waals surface area contributed by atoms with Gasteiger partial charge >= 0.3 is 0 Å². The van der Waals surface area contributed by atoms with E-state index in [0.717, 1.165) is 11.1 Å². The summed E-state index contributed by atoms with van der Waals surface area (Å²) in [6.45, 7) is 0. The summed E-state index contributed by atoms with van der Waals surface area (Å²) in [5.41, 5.74) is 2.82. The lowest BCUT2D eigenvalue weighted by atomic mass is 10.2. The predicted octanol–water partition coefficient (Wildman–Crippen LogP) is 4.03. The Morgan fingerprint density at radius 2 is 2.04 bits per heavy atom. The Labute approximate surface area is 147 Å². The average molecular weight is 349 g/mol. The molecule has 0 bridgehead atoms. The van der Waals surface area contributed by atoms with Crippen LogP contribution in [0.1, 0.15) is 11.1 Å². The van der Waals surface area contributed by atoms with Gasteiger partial charge in [-0.15, -0.1) is 5.10 Å². The summed E-state index contributed by atoms with van der Waals surface area (Å²) in [7, 11) is 0. The number of nitrogens with one attached hydrogen (secondary N) is 1. The molecule has 4 aromatic rings. The molecule has 0 fully saturated rings. The van der Waals surface area contributed by atoms with E-state index < -0.39 is 0 Å². The van der Waals surface area contributed by atoms with Crippen LogP contribution < -0.4 is 0 Å². The number of nitrogens with zero attached hydrogens (tertiary/aromatic N) is 4. The highest BCUT2D eigenvalue weighted by Crippen LogP contribution is 2.27. The number of benzene rings is 1. The Hall–Kier alpha value is -3.11. The Morgan fingerprint density at radius 3 is 2.88 bits per heavy atom. The van der Waals surface area contributed by atoms with E-state index in [1.165, 1.54) is 17.8 Å². The summed E-state index contributed by atoms with van der Waals surface area (Å²) >= 11 is 1.40. The van der Waals surface area contributed by atoms with E-state index in [-0.39, 0.29) is 5.82 Å². The van der Waals surface area contributed by atoms with Gasteiger partial charge in [0, 0.05) is 18.1 Å². The molecule has 1 aromatic carbocycles. The Balaban J connectivity index is 1.57. The molecule has 3 aromatic heterocycles. The van der Waals surface area contributed by atoms with Crippen LogP contribution in [0.4, 0.5) is 4.39 Å². The van der Waals surface area contributed by atoms with Gasteiger partial charge < -0.3 is 4.40 Å². The molecular weight excluding hydrogens is 337 g/mol. The molecule has 0 aliphatic rings. The summed E-state index contributed by atoms with van der Waals surface area (Å²) in [4.78, 5) is 4.33. The topological polar surface area (TPSA) is 69.8 Å². The number of rotatable bonds is 4. The number of H-pyrrole nitrogens is 1. The molecule has 0 unspecified atom stereocenters. The van der Waals surface area contributed by atoms with E-state index in [4.69, 9.17) is 0 Å². The van der Waals surface area contributed by atoms with Gasteiger partial charge in [0.2, 0.25) is 5.16 Å². The van der Waals surface area contributed by atoms with Gasteiger partial charge in [0.05, 0.1) is 16.6 Å². The minimum absolute atomic E-state index is 0.347. The maximum absolute atomic E-state index is 13.8. The maximum atomic E-state index is 13.8. The van der Waals surface area contributed by atoms with Crippen molar-refractivity contribution in [3.8, 4) is 17.5 Å². The van der Waals surface area contributed by atoms with Crippen molar-refractivity contribution in [3.63, 3.8) is 0 Å². The lowest BCUT2D eigenvalue weighted by molar-refractivity contribution is 0.630. The Bertz CT molecular complexity index is 1090. The first-order valence-corrected chi connectivity index (χ1v) is 8.53. The summed E-state index contributed by atoms with van der Waals surface area (Å²) in [6, 6.07) is 14.4. The molecular formula is C18H12FN5S. The highest BCUT2D eigenvalue weighted by atomic mass is 32.2. The van der Waals surface area contributed by atoms with Crippen LogP contribution in [-0.2, 0) is 5.75 Å². The quantitative estimate of drug-likeness (QED) is 0.565. The van der Waals surface area contributed by atoms with Crippen LogP contribution in [0.25, 0.3) is 16.9 Å². The highest BCUT2D eigenvalue weighted by Gasteiger charge is 2.13. The monoisotopic (exact) mass is 349 g/mol. The van der Waals surface area contributed by atoms with Crippen molar-refractivity contribution in [1.29, 1.82) is 5.26 Å². The van der Waals surface area contributed by atoms with Crippen molar-refractivity contribution in [2.45, 2.75) is 10.9 Å². The number of pyridine rings is 1. The maximum Gasteiger partial charge on any atom is 0.209 e. The first kappa shape index (κ1) is 15.4. The molecule has 0 aliphatic carbocycles. The molecule has 0 saturated carbocycles. The third kappa shape index (κ3) is 2.88. The van der Waals surface area contributed by atoms with Gasteiger partial charge in [-0.1, -0.05) is 30.0 Å². The number of aromatic nitrogens is 4. The molecule has 0 atom stereocenters. The number of hydrogen-bond donors (Lipinski definition) is 1. The number of hydrogen-bond acceptors (Lipinski definition) is 4. The second-order valence-electron chi connectivity index (χ2n) is 5.37. The molecule has 0 radical (unpaired) electrons. The molecule has 0 spiro atoms. The lowest BCUT2D eigenvalue weighted by Crippen LogP contribution is -1.85. The van der Waals surface area contributed by atoms with Gasteiger partial charge in [0.1, 0.15) is 11.9 Å². The summed E-state index contributed by atoms with van der Waals surface area (Å²) in [5, 5.41) is 16.8. The van der Waals surface area contributed by atoms with E-state index in [0.29, 0.717) is 27.9 Å². The number of nitriles is 1. The van der Waals surface area contributed by atoms with Gasteiger partial charge in [0.25, 0.3) is 0 Å². The van der Waals surface area contributed by atoms with Gasteiger partial charge in [-0.3, -0.25) is 5.10 Å². The first-order valence-electron chi connectivity index (χ1n) is 7.55. The molecule has 3 heterocycles. The molecule has 122 valence electrons. The van der Waals surface area contributed by atoms with Crippen molar-refractivity contribution in [2.75, 3.05) is 0 Å². The molecule has 4 rings (SSSR count). The van der Waals surface area contributed by atoms with Gasteiger partial charge in [-0.2, -0.15) is 5.26 Å². The third-order valence-corrected chi connectivity index (χ3v) is 4.72. The van der Waals surface area contributed by atoms with Crippen LogP contribution in [0, 0.1) is 17.1 Å². The molecule has 1 N–H and O–H groups in total. The Kier molecular flexibility index (Phi) is 3.96. The number of halogens is 1. The van der Waals surface area contributed by atoms with E-state index in [1.54, 1.807) is 18.2 Å². The fraction of sp³-hybridized carbons (Fsp3) is 0.0556. The number of fused-ring (bicyclic) bond motifs is 1. The second-order valence-corrected chi connectivity index (χ2v) is 6.31. The summed E-state index contributed by atoms with van der Waals surface area (Å²) < 4.78 is 15.7. The standard InChI is InChI=1S/C18H12FN5S/c19-15-6-2-1-5-13(15)17-21-18(23-22-17)25-11-12-10-24-8-4-3-7-16(24)14(12)9-20/h1-8,10H,11H2,(H,21,22,23). The molecule has 25 heavy (non-hydrogen) atoms. The fourth-order valence-electron chi connectivity index (χ4n) is 2.64. The first-order chi connectivity index (χ1) is 12.3. The fourth-order valence-corrected chi connectivity index (χ4v) is 3.41. The normalized spacial score (nSPS) is 10.9. The van der Waals surface area contributed by atoms with Crippen molar-refractivity contribution in [2.24, 2.45) is 0 Å².